The van der Waals surface area contributed by atoms with Gasteiger partial charge < -0.3 is 14.4 Å². The molecule has 0 spiro atoms. The highest BCUT2D eigenvalue weighted by atomic mass is 16.2. The second kappa shape index (κ2) is 7.42. The molecule has 0 saturated carbocycles. The Labute approximate surface area is 163 Å². The number of para-hydroxylation sites is 2. The molecule has 3 aromatic rings. The van der Waals surface area contributed by atoms with Gasteiger partial charge in [-0.3, -0.25) is 14.6 Å². The van der Waals surface area contributed by atoms with E-state index >= 15 is 0 Å². The van der Waals surface area contributed by atoms with Crippen molar-refractivity contribution in [3.63, 3.8) is 0 Å². The van der Waals surface area contributed by atoms with Crippen LogP contribution in [0.25, 0.3) is 11.0 Å². The molecule has 7 heteroatoms. The van der Waals surface area contributed by atoms with Gasteiger partial charge in [-0.25, -0.2) is 4.98 Å². The number of rotatable bonds is 5. The zero-order valence-corrected chi connectivity index (χ0v) is 16.1. The van der Waals surface area contributed by atoms with E-state index in [-0.39, 0.29) is 24.2 Å². The average molecular weight is 377 g/mol. The molecule has 1 fully saturated rings. The van der Waals surface area contributed by atoms with E-state index in [0.29, 0.717) is 19.6 Å². The summed E-state index contributed by atoms with van der Waals surface area (Å²) in [6, 6.07) is 11.7. The summed E-state index contributed by atoms with van der Waals surface area (Å²) < 4.78 is 2.01. The second-order valence-corrected chi connectivity index (χ2v) is 7.31. The summed E-state index contributed by atoms with van der Waals surface area (Å²) in [5.41, 5.74) is 2.92. The van der Waals surface area contributed by atoms with Crippen molar-refractivity contribution in [1.82, 2.24) is 24.3 Å². The normalized spacial score (nSPS) is 16.7. The Hall–Kier alpha value is -3.22. The lowest BCUT2D eigenvalue weighted by atomic mass is 10.1. The van der Waals surface area contributed by atoms with Crippen LogP contribution in [-0.2, 0) is 29.7 Å². The third-order valence-corrected chi connectivity index (χ3v) is 5.29. The Morgan fingerprint density at radius 3 is 2.82 bits per heavy atom. The van der Waals surface area contributed by atoms with Crippen molar-refractivity contribution < 1.29 is 9.59 Å². The maximum Gasteiger partial charge on any atom is 0.228 e. The Morgan fingerprint density at radius 1 is 1.25 bits per heavy atom. The summed E-state index contributed by atoms with van der Waals surface area (Å²) in [6.45, 7) is 1.35. The number of nitrogens with zero attached hydrogens (tertiary/aromatic N) is 5. The molecule has 0 bridgehead atoms. The van der Waals surface area contributed by atoms with Crippen LogP contribution in [0.4, 0.5) is 0 Å². The van der Waals surface area contributed by atoms with Crippen molar-refractivity contribution in [1.29, 1.82) is 0 Å². The van der Waals surface area contributed by atoms with E-state index < -0.39 is 0 Å². The van der Waals surface area contributed by atoms with Crippen molar-refractivity contribution >= 4 is 22.8 Å². The lowest BCUT2D eigenvalue weighted by Crippen LogP contribution is -2.34. The Morgan fingerprint density at radius 2 is 2.07 bits per heavy atom. The van der Waals surface area contributed by atoms with Gasteiger partial charge in [0.1, 0.15) is 5.82 Å². The Balaban J connectivity index is 1.42. The van der Waals surface area contributed by atoms with E-state index in [2.05, 4.69) is 9.97 Å². The fraction of sp³-hybridized carbons (Fsp3) is 0.333. The fourth-order valence-electron chi connectivity index (χ4n) is 3.74. The van der Waals surface area contributed by atoms with Crippen LogP contribution in [0.15, 0.2) is 48.8 Å². The maximum atomic E-state index is 12.9. The van der Waals surface area contributed by atoms with Gasteiger partial charge in [0.2, 0.25) is 11.8 Å². The number of likely N-dealkylation sites (tertiary alicyclic amines) is 1. The molecule has 0 radical (unpaired) electrons. The number of imidazole rings is 1. The van der Waals surface area contributed by atoms with Gasteiger partial charge in [0.25, 0.3) is 0 Å². The average Bonchev–Trinajstić information content (AvgIpc) is 3.22. The van der Waals surface area contributed by atoms with Gasteiger partial charge in [-0.05, 0) is 23.8 Å². The quantitative estimate of drug-likeness (QED) is 0.682. The number of hydrogen-bond acceptors (Lipinski definition) is 4. The molecule has 0 unspecified atom stereocenters. The molecule has 144 valence electrons. The molecule has 1 saturated heterocycles. The number of hydrogen-bond donors (Lipinski definition) is 0. The van der Waals surface area contributed by atoms with E-state index in [1.54, 1.807) is 29.2 Å². The first-order valence-electron chi connectivity index (χ1n) is 9.35. The van der Waals surface area contributed by atoms with E-state index in [4.69, 9.17) is 0 Å². The Bertz CT molecular complexity index is 1010. The van der Waals surface area contributed by atoms with Gasteiger partial charge >= 0.3 is 0 Å². The molecule has 4 rings (SSSR count). The van der Waals surface area contributed by atoms with Crippen LogP contribution in [0.1, 0.15) is 17.8 Å². The maximum absolute atomic E-state index is 12.9. The van der Waals surface area contributed by atoms with Gasteiger partial charge in [0.05, 0.1) is 23.5 Å². The third-order valence-electron chi connectivity index (χ3n) is 5.29. The van der Waals surface area contributed by atoms with Crippen molar-refractivity contribution in [2.75, 3.05) is 13.6 Å². The van der Waals surface area contributed by atoms with Crippen LogP contribution in [0.2, 0.25) is 0 Å². The van der Waals surface area contributed by atoms with Crippen molar-refractivity contribution in [3.8, 4) is 0 Å². The van der Waals surface area contributed by atoms with Gasteiger partial charge in [-0.15, -0.1) is 0 Å². The molecule has 2 aromatic heterocycles. The highest BCUT2D eigenvalue weighted by Gasteiger charge is 2.35. The topological polar surface area (TPSA) is 71.3 Å². The third kappa shape index (κ3) is 3.47. The highest BCUT2D eigenvalue weighted by molar-refractivity contribution is 5.89. The largest absolute Gasteiger partial charge is 0.338 e. The van der Waals surface area contributed by atoms with Crippen molar-refractivity contribution in [2.45, 2.75) is 19.5 Å². The predicted octanol–water partition coefficient (Wildman–Crippen LogP) is 1.98. The van der Waals surface area contributed by atoms with Crippen LogP contribution >= 0.6 is 0 Å². The minimum absolute atomic E-state index is 0.0123. The number of benzene rings is 1. The van der Waals surface area contributed by atoms with E-state index in [0.717, 1.165) is 22.4 Å². The Kier molecular flexibility index (Phi) is 4.81. The number of aromatic nitrogens is 3. The molecule has 1 aliphatic heterocycles. The standard InChI is InChI=1S/C21H23N5O2/c1-24(14-19-23-17-7-3-4-8-18(17)25(19)2)21(28)16-10-20(27)26(13-16)12-15-6-5-9-22-11-15/h3-9,11,16H,10,12-14H2,1-2H3/t16-/m1/s1. The first kappa shape index (κ1) is 18.2. The van der Waals surface area contributed by atoms with Crippen molar-refractivity contribution in [2.24, 2.45) is 13.0 Å². The van der Waals surface area contributed by atoms with E-state index in [9.17, 15) is 9.59 Å². The molecule has 2 amide bonds. The first-order valence-corrected chi connectivity index (χ1v) is 9.35. The summed E-state index contributed by atoms with van der Waals surface area (Å²) >= 11 is 0. The number of aryl methyl sites for hydroxylation is 1. The molecule has 1 aliphatic rings. The molecule has 0 aliphatic carbocycles. The smallest absolute Gasteiger partial charge is 0.228 e. The van der Waals surface area contributed by atoms with Crippen LogP contribution in [-0.4, -0.2) is 49.7 Å². The van der Waals surface area contributed by atoms with Crippen molar-refractivity contribution in [3.05, 3.63) is 60.2 Å². The van der Waals surface area contributed by atoms with Gasteiger partial charge in [0.15, 0.2) is 0 Å². The highest BCUT2D eigenvalue weighted by Crippen LogP contribution is 2.23. The molecule has 3 heterocycles. The SMILES string of the molecule is CN(Cc1nc2ccccc2n1C)C(=O)[C@@H]1CC(=O)N(Cc2cccnc2)C1. The summed E-state index contributed by atoms with van der Waals surface area (Å²) in [5.74, 6) is 0.505. The number of pyridine rings is 1. The van der Waals surface area contributed by atoms with Crippen LogP contribution in [0.5, 0.6) is 0 Å². The zero-order chi connectivity index (χ0) is 19.7. The summed E-state index contributed by atoms with van der Waals surface area (Å²) in [4.78, 5) is 37.4. The van der Waals surface area contributed by atoms with E-state index in [1.807, 2.05) is 48.0 Å². The van der Waals surface area contributed by atoms with Crippen LogP contribution < -0.4 is 0 Å². The molecule has 1 atom stereocenters. The number of amides is 2. The molecule has 1 aromatic carbocycles. The predicted molar refractivity (Wildman–Crippen MR) is 105 cm³/mol. The second-order valence-electron chi connectivity index (χ2n) is 7.31. The summed E-state index contributed by atoms with van der Waals surface area (Å²) in [5, 5.41) is 0. The number of carbonyl (C=O) groups excluding carboxylic acids is 2. The number of fused-ring (bicyclic) bond motifs is 1. The molecular weight excluding hydrogens is 354 g/mol. The molecule has 28 heavy (non-hydrogen) atoms. The molecule has 7 nitrogen and oxygen atoms in total. The van der Waals surface area contributed by atoms with Gasteiger partial charge in [-0.1, -0.05) is 18.2 Å². The van der Waals surface area contributed by atoms with Gasteiger partial charge in [0, 0.05) is 46.0 Å². The lowest BCUT2D eigenvalue weighted by Gasteiger charge is -2.21. The van der Waals surface area contributed by atoms with Crippen LogP contribution in [0, 0.1) is 5.92 Å². The lowest BCUT2D eigenvalue weighted by molar-refractivity contribution is -0.135. The fourth-order valence-corrected chi connectivity index (χ4v) is 3.74. The molecule has 0 N–H and O–H groups in total. The van der Waals surface area contributed by atoms with E-state index in [1.165, 1.54) is 0 Å². The monoisotopic (exact) mass is 377 g/mol. The molecular formula is C21H23N5O2. The summed E-state index contributed by atoms with van der Waals surface area (Å²) in [6.07, 6.45) is 3.71. The minimum atomic E-state index is -0.316. The van der Waals surface area contributed by atoms with Crippen LogP contribution in [0.3, 0.4) is 0 Å². The summed E-state index contributed by atoms with van der Waals surface area (Å²) in [7, 11) is 3.73. The number of carbonyl (C=O) groups is 2. The van der Waals surface area contributed by atoms with Gasteiger partial charge in [-0.2, -0.15) is 0 Å². The minimum Gasteiger partial charge on any atom is -0.338 e. The zero-order valence-electron chi connectivity index (χ0n) is 16.1. The first-order chi connectivity index (χ1) is 13.5.